The van der Waals surface area contributed by atoms with Crippen LogP contribution in [0.3, 0.4) is 0 Å². The number of phenols is 1. The predicted octanol–water partition coefficient (Wildman–Crippen LogP) is 1.64. The van der Waals surface area contributed by atoms with Crippen LogP contribution in [0.5, 0.6) is 11.5 Å². The van der Waals surface area contributed by atoms with Crippen molar-refractivity contribution in [2.75, 3.05) is 20.2 Å². The lowest BCUT2D eigenvalue weighted by Crippen LogP contribution is -2.37. The van der Waals surface area contributed by atoms with E-state index in [1.165, 1.54) is 0 Å². The normalized spacial score (nSPS) is 10.9. The first kappa shape index (κ1) is 14.9. The van der Waals surface area contributed by atoms with Crippen LogP contribution in [0.25, 0.3) is 0 Å². The molecule has 0 spiro atoms. The highest BCUT2D eigenvalue weighted by atomic mass is 16.5. The Kier molecular flexibility index (Phi) is 6.29. The van der Waals surface area contributed by atoms with Gasteiger partial charge in [-0.2, -0.15) is 0 Å². The lowest BCUT2D eigenvalue weighted by Gasteiger charge is -2.10. The van der Waals surface area contributed by atoms with Crippen LogP contribution in [-0.2, 0) is 6.54 Å². The summed E-state index contributed by atoms with van der Waals surface area (Å²) in [6, 6.07) is 5.09. The number of benzene rings is 1. The fraction of sp³-hybridized carbons (Fsp3) is 0.357. The van der Waals surface area contributed by atoms with Gasteiger partial charge in [0.2, 0.25) is 0 Å². The molecule has 19 heavy (non-hydrogen) atoms. The minimum Gasteiger partial charge on any atom is -0.508 e. The molecule has 0 aliphatic rings. The first-order valence-corrected chi connectivity index (χ1v) is 6.20. The zero-order chi connectivity index (χ0) is 14.1. The molecule has 0 bridgehead atoms. The number of phenolic OH excluding ortho intramolecular Hbond substituents is 1. The maximum atomic E-state index is 9.77. The number of hydrogen-bond donors (Lipinski definition) is 3. The molecule has 0 radical (unpaired) electrons. The number of rotatable bonds is 6. The van der Waals surface area contributed by atoms with Gasteiger partial charge in [-0.25, -0.2) is 4.99 Å². The van der Waals surface area contributed by atoms with Crippen LogP contribution in [0.15, 0.2) is 35.8 Å². The Labute approximate surface area is 114 Å². The molecule has 0 aliphatic heterocycles. The van der Waals surface area contributed by atoms with E-state index in [9.17, 15) is 5.11 Å². The van der Waals surface area contributed by atoms with E-state index in [2.05, 4.69) is 22.2 Å². The molecule has 0 heterocycles. The predicted molar refractivity (Wildman–Crippen MR) is 77.7 cm³/mol. The van der Waals surface area contributed by atoms with Crippen molar-refractivity contribution in [1.82, 2.24) is 10.6 Å². The van der Waals surface area contributed by atoms with Gasteiger partial charge in [0, 0.05) is 18.7 Å². The number of nitrogens with one attached hydrogen (secondary N) is 2. The molecule has 1 aromatic carbocycles. The summed E-state index contributed by atoms with van der Waals surface area (Å²) >= 11 is 0. The van der Waals surface area contributed by atoms with Crippen LogP contribution >= 0.6 is 0 Å². The number of guanidine groups is 1. The Morgan fingerprint density at radius 1 is 1.47 bits per heavy atom. The lowest BCUT2D eigenvalue weighted by atomic mass is 10.2. The SMILES string of the molecule is C=CCNC(=NCc1cc(OC)ccc1O)NCC. The number of aliphatic imine (C=N–C) groups is 1. The van der Waals surface area contributed by atoms with Crippen LogP contribution in [-0.4, -0.2) is 31.3 Å². The molecule has 0 unspecified atom stereocenters. The van der Waals surface area contributed by atoms with Crippen molar-refractivity contribution >= 4 is 5.96 Å². The van der Waals surface area contributed by atoms with Gasteiger partial charge in [0.15, 0.2) is 5.96 Å². The second-order valence-electron chi connectivity index (χ2n) is 3.86. The fourth-order valence-electron chi connectivity index (χ4n) is 1.49. The van der Waals surface area contributed by atoms with Crippen molar-refractivity contribution < 1.29 is 9.84 Å². The Morgan fingerprint density at radius 2 is 2.26 bits per heavy atom. The quantitative estimate of drug-likeness (QED) is 0.415. The van der Waals surface area contributed by atoms with E-state index in [1.54, 1.807) is 31.4 Å². The number of hydrogen-bond acceptors (Lipinski definition) is 3. The van der Waals surface area contributed by atoms with E-state index in [0.29, 0.717) is 24.8 Å². The molecule has 0 fully saturated rings. The van der Waals surface area contributed by atoms with Crippen molar-refractivity contribution in [3.63, 3.8) is 0 Å². The lowest BCUT2D eigenvalue weighted by molar-refractivity contribution is 0.411. The van der Waals surface area contributed by atoms with Gasteiger partial charge >= 0.3 is 0 Å². The van der Waals surface area contributed by atoms with E-state index in [1.807, 2.05) is 6.92 Å². The van der Waals surface area contributed by atoms with Crippen molar-refractivity contribution in [3.8, 4) is 11.5 Å². The third kappa shape index (κ3) is 4.91. The molecule has 0 saturated heterocycles. The topological polar surface area (TPSA) is 65.9 Å². The molecule has 1 aromatic rings. The average Bonchev–Trinajstić information content (AvgIpc) is 2.43. The van der Waals surface area contributed by atoms with E-state index in [4.69, 9.17) is 4.74 Å². The third-order valence-electron chi connectivity index (χ3n) is 2.45. The molecule has 3 N–H and O–H groups in total. The van der Waals surface area contributed by atoms with Crippen molar-refractivity contribution in [1.29, 1.82) is 0 Å². The highest BCUT2D eigenvalue weighted by Crippen LogP contribution is 2.23. The summed E-state index contributed by atoms with van der Waals surface area (Å²) in [6.07, 6.45) is 1.76. The zero-order valence-corrected chi connectivity index (χ0v) is 11.4. The van der Waals surface area contributed by atoms with Gasteiger partial charge in [-0.1, -0.05) is 6.08 Å². The molecule has 5 nitrogen and oxygen atoms in total. The molecule has 0 atom stereocenters. The number of ether oxygens (including phenoxy) is 1. The minimum atomic E-state index is 0.212. The summed E-state index contributed by atoms with van der Waals surface area (Å²) in [5.41, 5.74) is 0.718. The Bertz CT molecular complexity index is 444. The van der Waals surface area contributed by atoms with Crippen LogP contribution < -0.4 is 15.4 Å². The maximum Gasteiger partial charge on any atom is 0.191 e. The molecule has 104 valence electrons. The molecule has 0 amide bonds. The Balaban J connectivity index is 2.77. The first-order valence-electron chi connectivity index (χ1n) is 6.20. The molecule has 0 saturated carbocycles. The van der Waals surface area contributed by atoms with Crippen molar-refractivity contribution in [3.05, 3.63) is 36.4 Å². The highest BCUT2D eigenvalue weighted by molar-refractivity contribution is 5.79. The second-order valence-corrected chi connectivity index (χ2v) is 3.86. The van der Waals surface area contributed by atoms with E-state index in [-0.39, 0.29) is 5.75 Å². The highest BCUT2D eigenvalue weighted by Gasteiger charge is 2.03. The van der Waals surface area contributed by atoms with Crippen molar-refractivity contribution in [2.24, 2.45) is 4.99 Å². The Morgan fingerprint density at radius 3 is 2.89 bits per heavy atom. The van der Waals surface area contributed by atoms with Crippen LogP contribution in [0, 0.1) is 0 Å². The van der Waals surface area contributed by atoms with Gasteiger partial charge in [0.05, 0.1) is 13.7 Å². The molecular formula is C14H21N3O2. The molecule has 0 aliphatic carbocycles. The van der Waals surface area contributed by atoms with Crippen LogP contribution in [0.4, 0.5) is 0 Å². The fourth-order valence-corrected chi connectivity index (χ4v) is 1.49. The molecule has 0 aromatic heterocycles. The standard InChI is InChI=1S/C14H21N3O2/c1-4-8-16-14(15-5-2)17-10-11-9-12(19-3)6-7-13(11)18/h4,6-7,9,18H,1,5,8,10H2,2-3H3,(H2,15,16,17). The summed E-state index contributed by atoms with van der Waals surface area (Å²) < 4.78 is 5.12. The number of nitrogens with zero attached hydrogens (tertiary/aromatic N) is 1. The number of aromatic hydroxyl groups is 1. The van der Waals surface area contributed by atoms with E-state index >= 15 is 0 Å². The van der Waals surface area contributed by atoms with Gasteiger partial charge in [0.25, 0.3) is 0 Å². The van der Waals surface area contributed by atoms with Crippen molar-refractivity contribution in [2.45, 2.75) is 13.5 Å². The summed E-state index contributed by atoms with van der Waals surface area (Å²) in [5.74, 6) is 1.60. The van der Waals surface area contributed by atoms with Gasteiger partial charge in [-0.3, -0.25) is 0 Å². The van der Waals surface area contributed by atoms with Gasteiger partial charge in [-0.15, -0.1) is 6.58 Å². The monoisotopic (exact) mass is 263 g/mol. The van der Waals surface area contributed by atoms with Gasteiger partial charge in [-0.05, 0) is 25.1 Å². The third-order valence-corrected chi connectivity index (χ3v) is 2.45. The van der Waals surface area contributed by atoms with Gasteiger partial charge < -0.3 is 20.5 Å². The summed E-state index contributed by atoms with van der Waals surface area (Å²) in [7, 11) is 1.59. The van der Waals surface area contributed by atoms with Crippen LogP contribution in [0.2, 0.25) is 0 Å². The van der Waals surface area contributed by atoms with Gasteiger partial charge in [0.1, 0.15) is 11.5 Å². The van der Waals surface area contributed by atoms with E-state index in [0.717, 1.165) is 12.1 Å². The summed E-state index contributed by atoms with van der Waals surface area (Å²) in [5, 5.41) is 16.0. The largest absolute Gasteiger partial charge is 0.508 e. The first-order chi connectivity index (χ1) is 9.21. The molecule has 5 heteroatoms. The molecular weight excluding hydrogens is 242 g/mol. The maximum absolute atomic E-state index is 9.77. The second kappa shape index (κ2) is 8.02. The number of methoxy groups -OCH3 is 1. The minimum absolute atomic E-state index is 0.212. The summed E-state index contributed by atoms with van der Waals surface area (Å²) in [6.45, 7) is 7.42. The average molecular weight is 263 g/mol. The smallest absolute Gasteiger partial charge is 0.191 e. The summed E-state index contributed by atoms with van der Waals surface area (Å²) in [4.78, 5) is 4.39. The van der Waals surface area contributed by atoms with E-state index < -0.39 is 0 Å². The zero-order valence-electron chi connectivity index (χ0n) is 11.4. The Hall–Kier alpha value is -2.17. The van der Waals surface area contributed by atoms with Crippen LogP contribution in [0.1, 0.15) is 12.5 Å². The molecule has 1 rings (SSSR count).